The summed E-state index contributed by atoms with van der Waals surface area (Å²) in [4.78, 5) is 22.3. The molecular formula is C13H20N4O2. The second-order valence-electron chi connectivity index (χ2n) is 4.32. The highest BCUT2D eigenvalue weighted by Gasteiger charge is 2.11. The van der Waals surface area contributed by atoms with Gasteiger partial charge in [-0.1, -0.05) is 17.7 Å². The Morgan fingerprint density at radius 1 is 1.21 bits per heavy atom. The van der Waals surface area contributed by atoms with Crippen LogP contribution in [0.4, 0.5) is 10.5 Å². The van der Waals surface area contributed by atoms with E-state index >= 15 is 0 Å². The van der Waals surface area contributed by atoms with Crippen LogP contribution in [0.1, 0.15) is 12.5 Å². The molecule has 0 spiro atoms. The van der Waals surface area contributed by atoms with Crippen molar-refractivity contribution in [3.05, 3.63) is 29.8 Å². The van der Waals surface area contributed by atoms with Crippen molar-refractivity contribution in [2.24, 2.45) is 5.73 Å². The Bertz CT molecular complexity index is 431. The van der Waals surface area contributed by atoms with Crippen molar-refractivity contribution in [3.8, 4) is 0 Å². The fourth-order valence-electron chi connectivity index (χ4n) is 1.45. The second-order valence-corrected chi connectivity index (χ2v) is 4.32. The topological polar surface area (TPSA) is 96.2 Å². The maximum atomic E-state index is 11.8. The van der Waals surface area contributed by atoms with Crippen LogP contribution in [0, 0.1) is 6.92 Å². The van der Waals surface area contributed by atoms with Crippen LogP contribution in [-0.4, -0.2) is 31.1 Å². The molecule has 1 unspecified atom stereocenters. The number of nitrogens with two attached hydrogens (primary N) is 1. The Kier molecular flexibility index (Phi) is 5.81. The number of rotatable bonds is 6. The number of anilines is 1. The number of carbonyl (C=O) groups is 2. The molecule has 3 amide bonds. The van der Waals surface area contributed by atoms with Crippen LogP contribution in [0.5, 0.6) is 0 Å². The summed E-state index contributed by atoms with van der Waals surface area (Å²) >= 11 is 0. The molecule has 0 saturated carbocycles. The van der Waals surface area contributed by atoms with Gasteiger partial charge in [0.05, 0.1) is 6.04 Å². The molecule has 1 aromatic rings. The van der Waals surface area contributed by atoms with Crippen LogP contribution in [0.15, 0.2) is 24.3 Å². The molecule has 19 heavy (non-hydrogen) atoms. The highest BCUT2D eigenvalue weighted by Crippen LogP contribution is 2.08. The van der Waals surface area contributed by atoms with E-state index in [9.17, 15) is 9.59 Å². The summed E-state index contributed by atoms with van der Waals surface area (Å²) in [6.45, 7) is 4.61. The highest BCUT2D eigenvalue weighted by molar-refractivity contribution is 5.94. The van der Waals surface area contributed by atoms with Gasteiger partial charge in [-0.05, 0) is 26.0 Å². The first-order chi connectivity index (χ1) is 8.99. The quantitative estimate of drug-likeness (QED) is 0.566. The molecule has 0 heterocycles. The normalized spacial score (nSPS) is 11.7. The summed E-state index contributed by atoms with van der Waals surface area (Å²) < 4.78 is 0. The van der Waals surface area contributed by atoms with E-state index < -0.39 is 6.03 Å². The first kappa shape index (κ1) is 15.0. The molecule has 0 aliphatic rings. The van der Waals surface area contributed by atoms with Gasteiger partial charge in [-0.2, -0.15) is 0 Å². The molecule has 104 valence electrons. The lowest BCUT2D eigenvalue weighted by molar-refractivity contribution is -0.117. The number of hydrogen-bond donors (Lipinski definition) is 4. The number of primary amides is 1. The monoisotopic (exact) mass is 264 g/mol. The van der Waals surface area contributed by atoms with E-state index in [1.54, 1.807) is 6.92 Å². The van der Waals surface area contributed by atoms with E-state index in [2.05, 4.69) is 16.0 Å². The van der Waals surface area contributed by atoms with Crippen LogP contribution in [0.2, 0.25) is 0 Å². The summed E-state index contributed by atoms with van der Waals surface area (Å²) in [5.41, 5.74) is 6.83. The fourth-order valence-corrected chi connectivity index (χ4v) is 1.45. The fraction of sp³-hybridized carbons (Fsp3) is 0.385. The van der Waals surface area contributed by atoms with E-state index in [1.807, 2.05) is 31.2 Å². The molecule has 0 bridgehead atoms. The molecule has 6 heteroatoms. The van der Waals surface area contributed by atoms with E-state index in [1.165, 1.54) is 0 Å². The van der Waals surface area contributed by atoms with Gasteiger partial charge in [0.15, 0.2) is 0 Å². The van der Waals surface area contributed by atoms with Crippen molar-refractivity contribution < 1.29 is 9.59 Å². The third kappa shape index (κ3) is 5.87. The first-order valence-corrected chi connectivity index (χ1v) is 6.13. The molecule has 1 atom stereocenters. The largest absolute Gasteiger partial charge is 0.352 e. The average molecular weight is 264 g/mol. The number of aryl methyl sites for hydroxylation is 1. The van der Waals surface area contributed by atoms with Crippen LogP contribution in [0.3, 0.4) is 0 Å². The summed E-state index contributed by atoms with van der Waals surface area (Å²) in [5, 5.41) is 8.23. The smallest absolute Gasteiger partial charge is 0.312 e. The predicted octanol–water partition coefficient (Wildman–Crippen LogP) is 0.580. The second kappa shape index (κ2) is 7.38. The molecule has 0 saturated heterocycles. The Balaban J connectivity index is 2.32. The zero-order valence-electron chi connectivity index (χ0n) is 11.2. The van der Waals surface area contributed by atoms with Crippen molar-refractivity contribution in [3.63, 3.8) is 0 Å². The van der Waals surface area contributed by atoms with Gasteiger partial charge >= 0.3 is 6.03 Å². The third-order valence-electron chi connectivity index (χ3n) is 2.59. The van der Waals surface area contributed by atoms with Gasteiger partial charge in [0.25, 0.3) is 0 Å². The molecular weight excluding hydrogens is 244 g/mol. The summed E-state index contributed by atoms with van der Waals surface area (Å²) in [6.07, 6.45) is 0. The van der Waals surface area contributed by atoms with Crippen LogP contribution in [0.25, 0.3) is 0 Å². The van der Waals surface area contributed by atoms with Gasteiger partial charge < -0.3 is 21.7 Å². The molecule has 0 radical (unpaired) electrons. The highest BCUT2D eigenvalue weighted by atomic mass is 16.2. The first-order valence-electron chi connectivity index (χ1n) is 6.13. The summed E-state index contributed by atoms with van der Waals surface area (Å²) in [7, 11) is 0. The lowest BCUT2D eigenvalue weighted by Gasteiger charge is -2.14. The Morgan fingerprint density at radius 3 is 2.42 bits per heavy atom. The lowest BCUT2D eigenvalue weighted by atomic mass is 10.2. The molecule has 1 rings (SSSR count). The van der Waals surface area contributed by atoms with E-state index in [4.69, 9.17) is 5.73 Å². The number of carbonyl (C=O) groups excluding carboxylic acids is 2. The standard InChI is InChI=1S/C13H20N4O2/c1-9-3-5-11(6-4-9)17-12(18)10(2)15-7-8-16-13(14)19/h3-6,10,15H,7-8H2,1-2H3,(H,17,18)(H3,14,16,19). The van der Waals surface area contributed by atoms with E-state index in [0.717, 1.165) is 11.3 Å². The molecule has 0 aromatic heterocycles. The maximum absolute atomic E-state index is 11.8. The molecule has 0 aliphatic carbocycles. The lowest BCUT2D eigenvalue weighted by Crippen LogP contribution is -2.42. The van der Waals surface area contributed by atoms with Gasteiger partial charge in [-0.25, -0.2) is 4.79 Å². The van der Waals surface area contributed by atoms with Crippen LogP contribution >= 0.6 is 0 Å². The Labute approximate surface area is 112 Å². The molecule has 0 fully saturated rings. The SMILES string of the molecule is Cc1ccc(NC(=O)C(C)NCCNC(N)=O)cc1. The zero-order chi connectivity index (χ0) is 14.3. The number of hydrogen-bond acceptors (Lipinski definition) is 3. The number of amides is 3. The molecule has 0 aliphatic heterocycles. The number of urea groups is 1. The van der Waals surface area contributed by atoms with Gasteiger partial charge in [-0.3, -0.25) is 4.79 Å². The zero-order valence-corrected chi connectivity index (χ0v) is 11.2. The number of benzene rings is 1. The molecule has 6 nitrogen and oxygen atoms in total. The van der Waals surface area contributed by atoms with Crippen molar-refractivity contribution in [2.75, 3.05) is 18.4 Å². The van der Waals surface area contributed by atoms with Crippen LogP contribution in [-0.2, 0) is 4.79 Å². The van der Waals surface area contributed by atoms with Gasteiger partial charge in [0.1, 0.15) is 0 Å². The Morgan fingerprint density at radius 2 is 1.84 bits per heavy atom. The van der Waals surface area contributed by atoms with E-state index in [-0.39, 0.29) is 11.9 Å². The average Bonchev–Trinajstić information content (AvgIpc) is 2.36. The molecule has 1 aromatic carbocycles. The van der Waals surface area contributed by atoms with Gasteiger partial charge in [-0.15, -0.1) is 0 Å². The molecule has 5 N–H and O–H groups in total. The van der Waals surface area contributed by atoms with Crippen molar-refractivity contribution in [2.45, 2.75) is 19.9 Å². The van der Waals surface area contributed by atoms with Crippen LogP contribution < -0.4 is 21.7 Å². The third-order valence-corrected chi connectivity index (χ3v) is 2.59. The minimum absolute atomic E-state index is 0.122. The predicted molar refractivity (Wildman–Crippen MR) is 74.9 cm³/mol. The van der Waals surface area contributed by atoms with Gasteiger partial charge in [0.2, 0.25) is 5.91 Å². The van der Waals surface area contributed by atoms with Gasteiger partial charge in [0, 0.05) is 18.8 Å². The Hall–Kier alpha value is -2.08. The summed E-state index contributed by atoms with van der Waals surface area (Å²) in [5.74, 6) is -0.122. The maximum Gasteiger partial charge on any atom is 0.312 e. The minimum atomic E-state index is -0.571. The van der Waals surface area contributed by atoms with Crippen molar-refractivity contribution >= 4 is 17.6 Å². The van der Waals surface area contributed by atoms with Crippen molar-refractivity contribution in [1.82, 2.24) is 10.6 Å². The van der Waals surface area contributed by atoms with E-state index in [0.29, 0.717) is 13.1 Å². The number of nitrogens with one attached hydrogen (secondary N) is 3. The minimum Gasteiger partial charge on any atom is -0.352 e. The summed E-state index contributed by atoms with van der Waals surface area (Å²) in [6, 6.07) is 6.66. The van der Waals surface area contributed by atoms with Crippen molar-refractivity contribution in [1.29, 1.82) is 0 Å².